The molecular formula is C9H17NO2. The molecule has 0 aromatic heterocycles. The van der Waals surface area contributed by atoms with E-state index in [2.05, 4.69) is 12.2 Å². The maximum absolute atomic E-state index is 10.9. The van der Waals surface area contributed by atoms with Crippen molar-refractivity contribution in [1.82, 2.24) is 5.32 Å². The van der Waals surface area contributed by atoms with E-state index in [1.165, 1.54) is 12.8 Å². The summed E-state index contributed by atoms with van der Waals surface area (Å²) >= 11 is 0. The first-order valence-electron chi connectivity index (χ1n) is 4.54. The van der Waals surface area contributed by atoms with Crippen molar-refractivity contribution in [2.45, 2.75) is 19.8 Å². The van der Waals surface area contributed by atoms with Gasteiger partial charge >= 0.3 is 5.97 Å². The van der Waals surface area contributed by atoms with E-state index in [1.54, 1.807) is 7.05 Å². The predicted octanol–water partition coefficient (Wildman–Crippen LogP) is 0.795. The molecule has 1 aliphatic rings. The molecule has 1 unspecified atom stereocenters. The average molecular weight is 171 g/mol. The molecule has 12 heavy (non-hydrogen) atoms. The molecule has 0 radical (unpaired) electrons. The van der Waals surface area contributed by atoms with Crippen molar-refractivity contribution in [3.05, 3.63) is 0 Å². The number of hydrogen-bond acceptors (Lipinski definition) is 3. The molecule has 0 saturated heterocycles. The number of carbonyl (C=O) groups excluding carboxylic acids is 1. The van der Waals surface area contributed by atoms with E-state index in [-0.39, 0.29) is 5.97 Å². The summed E-state index contributed by atoms with van der Waals surface area (Å²) in [5.74, 6) is 1.21. The van der Waals surface area contributed by atoms with Crippen LogP contribution in [0.5, 0.6) is 0 Å². The minimum atomic E-state index is -0.148. The number of esters is 1. The van der Waals surface area contributed by atoms with Crippen molar-refractivity contribution >= 4 is 5.97 Å². The van der Waals surface area contributed by atoms with Crippen LogP contribution in [-0.4, -0.2) is 26.2 Å². The molecule has 0 heterocycles. The van der Waals surface area contributed by atoms with E-state index in [4.69, 9.17) is 4.74 Å². The molecule has 1 aliphatic carbocycles. The highest BCUT2D eigenvalue weighted by molar-refractivity contribution is 5.71. The van der Waals surface area contributed by atoms with Crippen molar-refractivity contribution in [3.63, 3.8) is 0 Å². The Morgan fingerprint density at radius 2 is 2.33 bits per heavy atom. The second-order valence-electron chi connectivity index (χ2n) is 3.53. The van der Waals surface area contributed by atoms with E-state index < -0.39 is 0 Å². The Morgan fingerprint density at radius 3 is 2.83 bits per heavy atom. The zero-order valence-electron chi connectivity index (χ0n) is 7.80. The zero-order valence-corrected chi connectivity index (χ0v) is 7.80. The SMILES string of the molecule is CNCC(=O)OCC(C)C1CC1. The highest BCUT2D eigenvalue weighted by Crippen LogP contribution is 2.36. The number of likely N-dealkylation sites (N-methyl/N-ethyl adjacent to an activating group) is 1. The Bertz CT molecular complexity index is 155. The summed E-state index contributed by atoms with van der Waals surface area (Å²) < 4.78 is 5.04. The van der Waals surface area contributed by atoms with Gasteiger partial charge in [0.1, 0.15) is 0 Å². The van der Waals surface area contributed by atoms with Gasteiger partial charge in [0.25, 0.3) is 0 Å². The maximum Gasteiger partial charge on any atom is 0.319 e. The summed E-state index contributed by atoms with van der Waals surface area (Å²) in [7, 11) is 1.74. The van der Waals surface area contributed by atoms with Crippen LogP contribution in [0.15, 0.2) is 0 Å². The minimum Gasteiger partial charge on any atom is -0.464 e. The lowest BCUT2D eigenvalue weighted by molar-refractivity contribution is -0.143. The average Bonchev–Trinajstić information content (AvgIpc) is 2.83. The number of ether oxygens (including phenoxy) is 1. The summed E-state index contributed by atoms with van der Waals surface area (Å²) in [6.07, 6.45) is 2.62. The molecule has 1 rings (SSSR count). The van der Waals surface area contributed by atoms with Gasteiger partial charge < -0.3 is 10.1 Å². The van der Waals surface area contributed by atoms with Gasteiger partial charge in [-0.15, -0.1) is 0 Å². The van der Waals surface area contributed by atoms with E-state index in [0.717, 1.165) is 5.92 Å². The third-order valence-corrected chi connectivity index (χ3v) is 2.26. The van der Waals surface area contributed by atoms with Crippen LogP contribution in [0.25, 0.3) is 0 Å². The van der Waals surface area contributed by atoms with Crippen molar-refractivity contribution in [1.29, 1.82) is 0 Å². The van der Waals surface area contributed by atoms with Crippen LogP contribution in [-0.2, 0) is 9.53 Å². The molecule has 1 fully saturated rings. The van der Waals surface area contributed by atoms with Gasteiger partial charge in [0.2, 0.25) is 0 Å². The monoisotopic (exact) mass is 171 g/mol. The minimum absolute atomic E-state index is 0.148. The van der Waals surface area contributed by atoms with Crippen molar-refractivity contribution in [3.8, 4) is 0 Å². The van der Waals surface area contributed by atoms with Gasteiger partial charge in [-0.1, -0.05) is 6.92 Å². The predicted molar refractivity (Wildman–Crippen MR) is 46.8 cm³/mol. The summed E-state index contributed by atoms with van der Waals surface area (Å²) in [6, 6.07) is 0. The summed E-state index contributed by atoms with van der Waals surface area (Å²) in [5, 5.41) is 2.76. The molecular weight excluding hydrogens is 154 g/mol. The number of nitrogens with one attached hydrogen (secondary N) is 1. The summed E-state index contributed by atoms with van der Waals surface area (Å²) in [5.41, 5.74) is 0. The molecule has 0 amide bonds. The standard InChI is InChI=1S/C9H17NO2/c1-7(8-3-4-8)6-12-9(11)5-10-2/h7-8,10H,3-6H2,1-2H3. The fourth-order valence-corrected chi connectivity index (χ4v) is 1.22. The quantitative estimate of drug-likeness (QED) is 0.622. The number of carbonyl (C=O) groups is 1. The zero-order chi connectivity index (χ0) is 8.97. The number of rotatable bonds is 5. The third kappa shape index (κ3) is 3.22. The van der Waals surface area contributed by atoms with Crippen molar-refractivity contribution in [2.75, 3.05) is 20.2 Å². The highest BCUT2D eigenvalue weighted by atomic mass is 16.5. The van der Waals surface area contributed by atoms with Crippen molar-refractivity contribution in [2.24, 2.45) is 11.8 Å². The van der Waals surface area contributed by atoms with Crippen molar-refractivity contribution < 1.29 is 9.53 Å². The first-order chi connectivity index (χ1) is 5.74. The van der Waals surface area contributed by atoms with Crippen LogP contribution in [0, 0.1) is 11.8 Å². The fraction of sp³-hybridized carbons (Fsp3) is 0.889. The Labute approximate surface area is 73.5 Å². The summed E-state index contributed by atoms with van der Waals surface area (Å²) in [4.78, 5) is 10.9. The molecule has 0 aromatic rings. The topological polar surface area (TPSA) is 38.3 Å². The Kier molecular flexibility index (Phi) is 3.53. The van der Waals surface area contributed by atoms with Gasteiger partial charge in [-0.2, -0.15) is 0 Å². The van der Waals surface area contributed by atoms with Crippen LogP contribution >= 0.6 is 0 Å². The largest absolute Gasteiger partial charge is 0.464 e. The van der Waals surface area contributed by atoms with E-state index in [9.17, 15) is 4.79 Å². The second kappa shape index (κ2) is 4.45. The van der Waals surface area contributed by atoms with Gasteiger partial charge in [-0.3, -0.25) is 4.79 Å². The van der Waals surface area contributed by atoms with E-state index in [0.29, 0.717) is 19.1 Å². The summed E-state index contributed by atoms with van der Waals surface area (Å²) in [6.45, 7) is 3.05. The molecule has 1 atom stereocenters. The Hall–Kier alpha value is -0.570. The van der Waals surface area contributed by atoms with Gasteiger partial charge in [-0.05, 0) is 31.7 Å². The van der Waals surface area contributed by atoms with E-state index >= 15 is 0 Å². The second-order valence-corrected chi connectivity index (χ2v) is 3.53. The van der Waals surface area contributed by atoms with Crippen LogP contribution < -0.4 is 5.32 Å². The molecule has 0 aliphatic heterocycles. The molecule has 1 N–H and O–H groups in total. The smallest absolute Gasteiger partial charge is 0.319 e. The molecule has 3 nitrogen and oxygen atoms in total. The molecule has 0 aromatic carbocycles. The first-order valence-corrected chi connectivity index (χ1v) is 4.54. The maximum atomic E-state index is 10.9. The third-order valence-electron chi connectivity index (χ3n) is 2.26. The Balaban J connectivity index is 2.03. The lowest BCUT2D eigenvalue weighted by Gasteiger charge is -2.10. The van der Waals surface area contributed by atoms with Gasteiger partial charge in [0.15, 0.2) is 0 Å². The lowest BCUT2D eigenvalue weighted by Crippen LogP contribution is -2.23. The van der Waals surface area contributed by atoms with Crippen LogP contribution in [0.2, 0.25) is 0 Å². The fourth-order valence-electron chi connectivity index (χ4n) is 1.22. The van der Waals surface area contributed by atoms with Crippen LogP contribution in [0.4, 0.5) is 0 Å². The molecule has 3 heteroatoms. The van der Waals surface area contributed by atoms with Crippen LogP contribution in [0.3, 0.4) is 0 Å². The molecule has 0 bridgehead atoms. The Morgan fingerprint density at radius 1 is 1.67 bits per heavy atom. The van der Waals surface area contributed by atoms with Gasteiger partial charge in [-0.25, -0.2) is 0 Å². The highest BCUT2D eigenvalue weighted by Gasteiger charge is 2.28. The first kappa shape index (κ1) is 9.52. The lowest BCUT2D eigenvalue weighted by atomic mass is 10.1. The van der Waals surface area contributed by atoms with Gasteiger partial charge in [0.05, 0.1) is 13.2 Å². The molecule has 70 valence electrons. The van der Waals surface area contributed by atoms with Gasteiger partial charge in [0, 0.05) is 0 Å². The number of hydrogen-bond donors (Lipinski definition) is 1. The molecule has 1 saturated carbocycles. The molecule has 0 spiro atoms. The van der Waals surface area contributed by atoms with E-state index in [1.807, 2.05) is 0 Å². The normalized spacial score (nSPS) is 18.8. The van der Waals surface area contributed by atoms with Crippen LogP contribution in [0.1, 0.15) is 19.8 Å².